The lowest BCUT2D eigenvalue weighted by atomic mass is 10.2. The van der Waals surface area contributed by atoms with Gasteiger partial charge in [0.1, 0.15) is 13.2 Å². The van der Waals surface area contributed by atoms with E-state index in [1.54, 1.807) is 38.1 Å². The Morgan fingerprint density at radius 2 is 0.870 bits per heavy atom. The van der Waals surface area contributed by atoms with E-state index in [0.717, 1.165) is 0 Å². The topological polar surface area (TPSA) is 222 Å². The number of esters is 2. The Hall–Kier alpha value is -5.82. The van der Waals surface area contributed by atoms with E-state index in [4.69, 9.17) is 18.9 Å². The zero-order valence-corrected chi connectivity index (χ0v) is 30.8. The van der Waals surface area contributed by atoms with E-state index in [9.17, 15) is 36.0 Å². The van der Waals surface area contributed by atoms with Crippen molar-refractivity contribution in [2.45, 2.75) is 23.6 Å². The Morgan fingerprint density at radius 3 is 1.26 bits per heavy atom. The van der Waals surface area contributed by atoms with Crippen LogP contribution in [0.1, 0.15) is 31.8 Å². The van der Waals surface area contributed by atoms with Gasteiger partial charge in [-0.15, -0.1) is 0 Å². The highest BCUT2D eigenvalue weighted by molar-refractivity contribution is 7.90. The Morgan fingerprint density at radius 1 is 0.500 bits per heavy atom. The minimum absolute atomic E-state index is 0.0571. The van der Waals surface area contributed by atoms with E-state index in [-0.39, 0.29) is 71.9 Å². The summed E-state index contributed by atoms with van der Waals surface area (Å²) in [5.41, 5.74) is 1.98. The van der Waals surface area contributed by atoms with E-state index >= 15 is 0 Å². The molecular weight excluding hydrogens is 745 g/mol. The average Bonchev–Trinajstić information content (AvgIpc) is 3.12. The molecule has 16 nitrogen and oxygen atoms in total. The van der Waals surface area contributed by atoms with Crippen LogP contribution in [0.2, 0.25) is 0 Å². The fourth-order valence-corrected chi connectivity index (χ4v) is 6.59. The number of anilines is 2. The molecule has 0 saturated heterocycles. The first kappa shape index (κ1) is 40.9. The number of carbonyl (C=O) groups excluding carboxylic acids is 4. The summed E-state index contributed by atoms with van der Waals surface area (Å²) in [6.07, 6.45) is 0. The van der Waals surface area contributed by atoms with Crippen molar-refractivity contribution in [3.63, 3.8) is 0 Å². The maximum atomic E-state index is 12.5. The number of nitrogens with one attached hydrogen (secondary N) is 4. The molecule has 0 aliphatic rings. The summed E-state index contributed by atoms with van der Waals surface area (Å²) < 4.78 is 74.9. The molecule has 0 bridgehead atoms. The summed E-state index contributed by atoms with van der Waals surface area (Å²) in [6, 6.07) is 21.6. The van der Waals surface area contributed by atoms with Crippen molar-refractivity contribution < 1.29 is 55.0 Å². The lowest BCUT2D eigenvalue weighted by Crippen LogP contribution is -2.34. The summed E-state index contributed by atoms with van der Waals surface area (Å²) >= 11 is 0. The molecule has 286 valence electrons. The van der Waals surface area contributed by atoms with Crippen molar-refractivity contribution in [2.24, 2.45) is 0 Å². The Balaban J connectivity index is 1.08. The molecule has 0 atom stereocenters. The molecule has 4 amide bonds. The van der Waals surface area contributed by atoms with Gasteiger partial charge in [0.05, 0.1) is 47.3 Å². The molecule has 0 heterocycles. The quantitative estimate of drug-likeness (QED) is 0.0867. The third kappa shape index (κ3) is 13.0. The number of benzene rings is 4. The number of carbonyl (C=O) groups is 4. The third-order valence-electron chi connectivity index (χ3n) is 7.06. The third-order valence-corrected chi connectivity index (χ3v) is 9.72. The highest BCUT2D eigenvalue weighted by atomic mass is 32.2. The van der Waals surface area contributed by atoms with Crippen LogP contribution in [0.3, 0.4) is 0 Å². The van der Waals surface area contributed by atoms with Crippen molar-refractivity contribution in [2.75, 3.05) is 50.3 Å². The van der Waals surface area contributed by atoms with E-state index in [1.165, 1.54) is 72.8 Å². The summed E-state index contributed by atoms with van der Waals surface area (Å²) in [6.45, 7) is 3.70. The van der Waals surface area contributed by atoms with Crippen molar-refractivity contribution in [3.05, 3.63) is 119 Å². The van der Waals surface area contributed by atoms with Crippen LogP contribution < -0.4 is 20.1 Å². The molecule has 4 aromatic carbocycles. The van der Waals surface area contributed by atoms with E-state index in [1.807, 2.05) is 9.44 Å². The normalized spacial score (nSPS) is 11.2. The van der Waals surface area contributed by atoms with Gasteiger partial charge in [-0.2, -0.15) is 0 Å². The van der Waals surface area contributed by atoms with Crippen molar-refractivity contribution in [1.82, 2.24) is 9.44 Å². The maximum Gasteiger partial charge on any atom is 0.338 e. The van der Waals surface area contributed by atoms with Gasteiger partial charge in [-0.05, 0) is 85.6 Å². The molecule has 4 rings (SSSR count). The van der Waals surface area contributed by atoms with Crippen LogP contribution in [0.15, 0.2) is 107 Å². The Kier molecular flexibility index (Phi) is 14.6. The Labute approximate surface area is 312 Å². The summed E-state index contributed by atoms with van der Waals surface area (Å²) in [4.78, 5) is 49.4. The van der Waals surface area contributed by atoms with Gasteiger partial charge in [0, 0.05) is 11.4 Å². The first-order chi connectivity index (χ1) is 25.7. The van der Waals surface area contributed by atoms with Crippen LogP contribution in [-0.4, -0.2) is 80.5 Å². The second-order valence-corrected chi connectivity index (χ2v) is 14.8. The number of urea groups is 2. The van der Waals surface area contributed by atoms with Gasteiger partial charge < -0.3 is 29.6 Å². The molecule has 0 spiro atoms. The highest BCUT2D eigenvalue weighted by Gasteiger charge is 2.20. The SMILES string of the molecule is Cc1cccc(S(=O)(=O)NC(=O)Nc2cccc(C(=O)OCCOCCOCCOC(=O)c3cccc(NC(=O)NS(=O)(=O)c4cccc(C)c4)c3)c2)c1. The number of aryl methyl sites for hydroxylation is 2. The fourth-order valence-electron chi connectivity index (χ4n) is 4.56. The lowest BCUT2D eigenvalue weighted by Gasteiger charge is -2.11. The monoisotopic (exact) mass is 782 g/mol. The zero-order chi connectivity index (χ0) is 39.1. The van der Waals surface area contributed by atoms with Gasteiger partial charge in [-0.3, -0.25) is 0 Å². The van der Waals surface area contributed by atoms with Crippen LogP contribution >= 0.6 is 0 Å². The van der Waals surface area contributed by atoms with E-state index < -0.39 is 44.0 Å². The zero-order valence-electron chi connectivity index (χ0n) is 29.2. The second kappa shape index (κ2) is 19.3. The molecule has 18 heteroatoms. The number of ether oxygens (including phenoxy) is 4. The van der Waals surface area contributed by atoms with Gasteiger partial charge in [0.15, 0.2) is 0 Å². The molecule has 54 heavy (non-hydrogen) atoms. The predicted molar refractivity (Wildman–Crippen MR) is 196 cm³/mol. The molecule has 0 aromatic heterocycles. The minimum Gasteiger partial charge on any atom is -0.460 e. The van der Waals surface area contributed by atoms with Crippen molar-refractivity contribution in [1.29, 1.82) is 0 Å². The second-order valence-electron chi connectivity index (χ2n) is 11.4. The standard InChI is InChI=1S/C36H38N4O12S2/c1-25-7-3-13-31(21-25)53(45,46)39-35(43)37-29-11-5-9-27(23-29)33(41)51-19-17-49-15-16-50-18-20-52-34(42)28-10-6-12-30(24-28)38-36(44)40-54(47,48)32-14-4-8-26(2)22-32/h3-14,21-24H,15-20H2,1-2H3,(H2,37,39,43)(H2,38,40,44). The molecular formula is C36H38N4O12S2. The van der Waals surface area contributed by atoms with Crippen LogP contribution in [0, 0.1) is 13.8 Å². The van der Waals surface area contributed by atoms with Crippen LogP contribution in [0.25, 0.3) is 0 Å². The first-order valence-electron chi connectivity index (χ1n) is 16.2. The van der Waals surface area contributed by atoms with E-state index in [2.05, 4.69) is 10.6 Å². The largest absolute Gasteiger partial charge is 0.460 e. The predicted octanol–water partition coefficient (Wildman–Crippen LogP) is 4.37. The lowest BCUT2D eigenvalue weighted by molar-refractivity contribution is 0.00230. The van der Waals surface area contributed by atoms with Crippen LogP contribution in [-0.2, 0) is 39.0 Å². The smallest absolute Gasteiger partial charge is 0.338 e. The highest BCUT2D eigenvalue weighted by Crippen LogP contribution is 2.16. The number of hydrogen-bond donors (Lipinski definition) is 4. The molecule has 0 unspecified atom stereocenters. The summed E-state index contributed by atoms with van der Waals surface area (Å²) in [7, 11) is -8.21. The summed E-state index contributed by atoms with van der Waals surface area (Å²) in [5, 5.41) is 4.76. The van der Waals surface area contributed by atoms with Gasteiger partial charge in [-0.25, -0.2) is 45.5 Å². The van der Waals surface area contributed by atoms with Crippen LogP contribution in [0.4, 0.5) is 21.0 Å². The number of hydrogen-bond acceptors (Lipinski definition) is 12. The minimum atomic E-state index is -4.11. The summed E-state index contributed by atoms with van der Waals surface area (Å²) in [5.74, 6) is -1.38. The van der Waals surface area contributed by atoms with Gasteiger partial charge in [-0.1, -0.05) is 36.4 Å². The van der Waals surface area contributed by atoms with Gasteiger partial charge >= 0.3 is 24.0 Å². The molecule has 0 aliphatic carbocycles. The fraction of sp³-hybridized carbons (Fsp3) is 0.222. The molecule has 4 aromatic rings. The average molecular weight is 783 g/mol. The molecule has 0 radical (unpaired) electrons. The van der Waals surface area contributed by atoms with Gasteiger partial charge in [0.2, 0.25) is 0 Å². The first-order valence-corrected chi connectivity index (χ1v) is 19.2. The molecule has 0 aliphatic heterocycles. The van der Waals surface area contributed by atoms with E-state index in [0.29, 0.717) is 11.1 Å². The Bertz CT molecular complexity index is 2040. The van der Waals surface area contributed by atoms with Crippen molar-refractivity contribution in [3.8, 4) is 0 Å². The number of rotatable bonds is 17. The number of sulfonamides is 2. The van der Waals surface area contributed by atoms with Gasteiger partial charge in [0.25, 0.3) is 20.0 Å². The van der Waals surface area contributed by atoms with Crippen molar-refractivity contribution >= 4 is 55.4 Å². The van der Waals surface area contributed by atoms with Crippen LogP contribution in [0.5, 0.6) is 0 Å². The number of amides is 4. The molecule has 4 N–H and O–H groups in total. The maximum absolute atomic E-state index is 12.5. The molecule has 0 saturated carbocycles. The molecule has 0 fully saturated rings.